The smallest absolute Gasteiger partial charge is 0.154 e. The molecule has 0 bridgehead atoms. The van der Waals surface area contributed by atoms with Crippen LogP contribution in [0.2, 0.25) is 0 Å². The van der Waals surface area contributed by atoms with E-state index in [1.54, 1.807) is 4.68 Å². The maximum absolute atomic E-state index is 10.1. The number of aromatic nitrogens is 3. The van der Waals surface area contributed by atoms with Crippen LogP contribution in [0, 0.1) is 5.41 Å². The van der Waals surface area contributed by atoms with Crippen LogP contribution in [0.15, 0.2) is 24.3 Å². The number of rotatable bonds is 1. The molecule has 0 amide bonds. The molecule has 1 N–H and O–H groups in total. The van der Waals surface area contributed by atoms with Crippen LogP contribution in [0.25, 0.3) is 11.0 Å². The summed E-state index contributed by atoms with van der Waals surface area (Å²) in [5, 5.41) is 18.1. The molecular formula is C11H15N3O. The summed E-state index contributed by atoms with van der Waals surface area (Å²) in [6.45, 7) is 5.90. The van der Waals surface area contributed by atoms with Crippen LogP contribution >= 0.6 is 0 Å². The summed E-state index contributed by atoms with van der Waals surface area (Å²) < 4.78 is 1.56. The third-order valence-electron chi connectivity index (χ3n) is 2.38. The van der Waals surface area contributed by atoms with Crippen molar-refractivity contribution in [1.82, 2.24) is 15.0 Å². The molecule has 80 valence electrons. The number of fused-ring (bicyclic) bond motifs is 1. The fourth-order valence-electron chi connectivity index (χ4n) is 1.43. The quantitative estimate of drug-likeness (QED) is 0.774. The normalized spacial score (nSPS) is 14.4. The van der Waals surface area contributed by atoms with E-state index in [1.807, 2.05) is 45.0 Å². The van der Waals surface area contributed by atoms with Gasteiger partial charge in [0.15, 0.2) is 6.23 Å². The van der Waals surface area contributed by atoms with Gasteiger partial charge in [-0.05, 0) is 12.1 Å². The second-order valence-electron chi connectivity index (χ2n) is 4.76. The summed E-state index contributed by atoms with van der Waals surface area (Å²) in [6.07, 6.45) is -0.662. The van der Waals surface area contributed by atoms with Crippen molar-refractivity contribution in [2.24, 2.45) is 5.41 Å². The molecule has 0 aliphatic heterocycles. The number of para-hydroxylation sites is 1. The monoisotopic (exact) mass is 205 g/mol. The standard InChI is InChI=1S/C11H15N3O/c1-11(2,3)10(15)14-9-7-5-4-6-8(9)12-13-14/h4-7,10,15H,1-3H3. The minimum atomic E-state index is -0.662. The average molecular weight is 205 g/mol. The lowest BCUT2D eigenvalue weighted by atomic mass is 9.94. The minimum Gasteiger partial charge on any atom is -0.371 e. The first-order valence-electron chi connectivity index (χ1n) is 4.98. The van der Waals surface area contributed by atoms with Crippen LogP contribution < -0.4 is 0 Å². The fraction of sp³-hybridized carbons (Fsp3) is 0.455. The van der Waals surface area contributed by atoms with Crippen molar-refractivity contribution >= 4 is 11.0 Å². The van der Waals surface area contributed by atoms with Gasteiger partial charge in [-0.15, -0.1) is 5.10 Å². The molecule has 0 saturated carbocycles. The molecule has 15 heavy (non-hydrogen) atoms. The van der Waals surface area contributed by atoms with Crippen LogP contribution in [0.1, 0.15) is 27.0 Å². The highest BCUT2D eigenvalue weighted by molar-refractivity contribution is 5.73. The lowest BCUT2D eigenvalue weighted by molar-refractivity contribution is -0.00788. The van der Waals surface area contributed by atoms with Crippen molar-refractivity contribution in [3.63, 3.8) is 0 Å². The average Bonchev–Trinajstić information content (AvgIpc) is 2.58. The van der Waals surface area contributed by atoms with Crippen molar-refractivity contribution in [3.05, 3.63) is 24.3 Å². The Morgan fingerprint density at radius 3 is 2.60 bits per heavy atom. The van der Waals surface area contributed by atoms with Gasteiger partial charge in [0.25, 0.3) is 0 Å². The Kier molecular flexibility index (Phi) is 2.23. The predicted molar refractivity (Wildman–Crippen MR) is 58.2 cm³/mol. The summed E-state index contributed by atoms with van der Waals surface area (Å²) in [6, 6.07) is 7.61. The molecule has 2 aromatic rings. The summed E-state index contributed by atoms with van der Waals surface area (Å²) in [4.78, 5) is 0. The molecule has 1 heterocycles. The fourth-order valence-corrected chi connectivity index (χ4v) is 1.43. The second-order valence-corrected chi connectivity index (χ2v) is 4.76. The summed E-state index contributed by atoms with van der Waals surface area (Å²) >= 11 is 0. The lowest BCUT2D eigenvalue weighted by Crippen LogP contribution is -2.24. The zero-order chi connectivity index (χ0) is 11.1. The molecule has 1 aromatic carbocycles. The molecule has 1 atom stereocenters. The van der Waals surface area contributed by atoms with E-state index in [0.29, 0.717) is 0 Å². The maximum Gasteiger partial charge on any atom is 0.154 e. The van der Waals surface area contributed by atoms with Crippen molar-refractivity contribution < 1.29 is 5.11 Å². The van der Waals surface area contributed by atoms with Crippen molar-refractivity contribution in [1.29, 1.82) is 0 Å². The van der Waals surface area contributed by atoms with Crippen molar-refractivity contribution in [2.45, 2.75) is 27.0 Å². The Labute approximate surface area is 88.5 Å². The van der Waals surface area contributed by atoms with Gasteiger partial charge in [0.1, 0.15) is 5.52 Å². The molecule has 4 heteroatoms. The Hall–Kier alpha value is -1.42. The highest BCUT2D eigenvalue weighted by Crippen LogP contribution is 2.29. The number of benzene rings is 1. The molecule has 1 aromatic heterocycles. The Morgan fingerprint density at radius 2 is 1.93 bits per heavy atom. The van der Waals surface area contributed by atoms with E-state index >= 15 is 0 Å². The molecule has 0 fully saturated rings. The lowest BCUT2D eigenvalue weighted by Gasteiger charge is -2.25. The van der Waals surface area contributed by atoms with Gasteiger partial charge in [-0.1, -0.05) is 38.1 Å². The maximum atomic E-state index is 10.1. The van der Waals surface area contributed by atoms with E-state index in [0.717, 1.165) is 11.0 Å². The van der Waals surface area contributed by atoms with Crippen LogP contribution in [0.4, 0.5) is 0 Å². The van der Waals surface area contributed by atoms with E-state index in [1.165, 1.54) is 0 Å². The highest BCUT2D eigenvalue weighted by atomic mass is 16.3. The third-order valence-corrected chi connectivity index (χ3v) is 2.38. The molecule has 0 radical (unpaired) electrons. The largest absolute Gasteiger partial charge is 0.371 e. The molecule has 0 saturated heterocycles. The van der Waals surface area contributed by atoms with Gasteiger partial charge >= 0.3 is 0 Å². The van der Waals surface area contributed by atoms with Crippen molar-refractivity contribution in [3.8, 4) is 0 Å². The first kappa shape index (κ1) is 10.1. The number of aliphatic hydroxyl groups excluding tert-OH is 1. The molecule has 0 aliphatic carbocycles. The Balaban J connectivity index is 2.53. The molecular weight excluding hydrogens is 190 g/mol. The minimum absolute atomic E-state index is 0.254. The first-order valence-corrected chi connectivity index (χ1v) is 4.98. The van der Waals surface area contributed by atoms with E-state index in [-0.39, 0.29) is 5.41 Å². The van der Waals surface area contributed by atoms with E-state index in [4.69, 9.17) is 0 Å². The summed E-state index contributed by atoms with van der Waals surface area (Å²) in [5.41, 5.74) is 1.41. The van der Waals surface area contributed by atoms with Crippen LogP contribution in [-0.2, 0) is 0 Å². The Bertz CT molecular complexity index is 470. The number of aliphatic hydroxyl groups is 1. The van der Waals surface area contributed by atoms with Crippen LogP contribution in [0.5, 0.6) is 0 Å². The van der Waals surface area contributed by atoms with Gasteiger partial charge in [0, 0.05) is 5.41 Å². The molecule has 2 rings (SSSR count). The number of hydrogen-bond donors (Lipinski definition) is 1. The molecule has 4 nitrogen and oxygen atoms in total. The highest BCUT2D eigenvalue weighted by Gasteiger charge is 2.26. The van der Waals surface area contributed by atoms with Gasteiger partial charge in [-0.25, -0.2) is 4.68 Å². The predicted octanol–water partition coefficient (Wildman–Crippen LogP) is 1.97. The van der Waals surface area contributed by atoms with E-state index in [2.05, 4.69) is 10.3 Å². The second kappa shape index (κ2) is 3.31. The van der Waals surface area contributed by atoms with Gasteiger partial charge in [-0.3, -0.25) is 0 Å². The van der Waals surface area contributed by atoms with Gasteiger partial charge in [0.2, 0.25) is 0 Å². The molecule has 0 aliphatic rings. The third kappa shape index (κ3) is 1.72. The van der Waals surface area contributed by atoms with E-state index < -0.39 is 6.23 Å². The van der Waals surface area contributed by atoms with E-state index in [9.17, 15) is 5.11 Å². The zero-order valence-electron chi connectivity index (χ0n) is 9.18. The van der Waals surface area contributed by atoms with Gasteiger partial charge in [0.05, 0.1) is 5.52 Å². The van der Waals surface area contributed by atoms with Crippen LogP contribution in [-0.4, -0.2) is 20.1 Å². The number of hydrogen-bond acceptors (Lipinski definition) is 3. The van der Waals surface area contributed by atoms with Gasteiger partial charge < -0.3 is 5.11 Å². The first-order chi connectivity index (χ1) is 7.00. The summed E-state index contributed by atoms with van der Waals surface area (Å²) in [5.74, 6) is 0. The van der Waals surface area contributed by atoms with Gasteiger partial charge in [-0.2, -0.15) is 0 Å². The SMILES string of the molecule is CC(C)(C)C(O)n1nnc2ccccc21. The zero-order valence-corrected chi connectivity index (χ0v) is 9.18. The molecule has 0 spiro atoms. The van der Waals surface area contributed by atoms with Crippen LogP contribution in [0.3, 0.4) is 0 Å². The topological polar surface area (TPSA) is 50.9 Å². The summed E-state index contributed by atoms with van der Waals surface area (Å²) in [7, 11) is 0. The van der Waals surface area contributed by atoms with Crippen molar-refractivity contribution in [2.75, 3.05) is 0 Å². The number of nitrogens with zero attached hydrogens (tertiary/aromatic N) is 3. The molecule has 1 unspecified atom stereocenters. The Morgan fingerprint density at radius 1 is 1.27 bits per heavy atom.